The van der Waals surface area contributed by atoms with E-state index in [4.69, 9.17) is 15.2 Å². The number of anilines is 2. The van der Waals surface area contributed by atoms with Crippen molar-refractivity contribution in [3.8, 4) is 16.9 Å². The smallest absolute Gasteiger partial charge is 0.411 e. The lowest BCUT2D eigenvalue weighted by atomic mass is 9.75. The van der Waals surface area contributed by atoms with E-state index in [2.05, 4.69) is 38.2 Å². The van der Waals surface area contributed by atoms with Gasteiger partial charge in [-0.05, 0) is 82.5 Å². The van der Waals surface area contributed by atoms with Gasteiger partial charge in [-0.15, -0.1) is 0 Å². The summed E-state index contributed by atoms with van der Waals surface area (Å²) in [5.74, 6) is 2.16. The van der Waals surface area contributed by atoms with Gasteiger partial charge in [0.2, 0.25) is 0 Å². The first-order valence-electron chi connectivity index (χ1n) is 13.2. The highest BCUT2D eigenvalue weighted by Gasteiger charge is 2.33. The van der Waals surface area contributed by atoms with Crippen molar-refractivity contribution in [3.63, 3.8) is 0 Å². The van der Waals surface area contributed by atoms with Crippen LogP contribution in [0.2, 0.25) is 0 Å². The SMILES string of the molecule is COc1ccc2c(-c3c(N)ccc4ccccc34)c(NC(=O)O[C@@H]3C[C@H](C)CC[C@H]3C(C)C)ccc2c1. The van der Waals surface area contributed by atoms with Crippen molar-refractivity contribution < 1.29 is 14.3 Å². The fourth-order valence-corrected chi connectivity index (χ4v) is 5.90. The lowest BCUT2D eigenvalue weighted by Crippen LogP contribution is -2.37. The summed E-state index contributed by atoms with van der Waals surface area (Å²) in [4.78, 5) is 13.3. The normalized spacial score (nSPS) is 19.8. The number of nitrogens with two attached hydrogens (primary N) is 1. The van der Waals surface area contributed by atoms with Crippen molar-refractivity contribution >= 4 is 39.0 Å². The minimum absolute atomic E-state index is 0.0838. The van der Waals surface area contributed by atoms with E-state index in [9.17, 15) is 4.79 Å². The number of hydrogen-bond donors (Lipinski definition) is 2. The molecular formula is C32H36N2O3. The zero-order valence-electron chi connectivity index (χ0n) is 22.1. The molecule has 0 saturated heterocycles. The van der Waals surface area contributed by atoms with E-state index >= 15 is 0 Å². The zero-order valence-corrected chi connectivity index (χ0v) is 22.1. The second-order valence-electron chi connectivity index (χ2n) is 10.7. The minimum atomic E-state index is -0.419. The van der Waals surface area contributed by atoms with Crippen LogP contribution in [0.15, 0.2) is 66.7 Å². The van der Waals surface area contributed by atoms with Crippen molar-refractivity contribution in [1.82, 2.24) is 0 Å². The molecule has 0 aromatic heterocycles. The summed E-state index contributed by atoms with van der Waals surface area (Å²) in [5.41, 5.74) is 9.72. The Morgan fingerprint density at radius 3 is 2.49 bits per heavy atom. The van der Waals surface area contributed by atoms with Crippen LogP contribution in [0, 0.1) is 17.8 Å². The molecule has 192 valence electrons. The first-order valence-corrected chi connectivity index (χ1v) is 13.2. The number of nitrogen functional groups attached to an aromatic ring is 1. The molecule has 3 atom stereocenters. The number of benzene rings is 4. The van der Waals surface area contributed by atoms with Gasteiger partial charge < -0.3 is 15.2 Å². The molecule has 5 nitrogen and oxygen atoms in total. The third-order valence-electron chi connectivity index (χ3n) is 7.89. The van der Waals surface area contributed by atoms with Crippen molar-refractivity contribution in [2.24, 2.45) is 17.8 Å². The fourth-order valence-electron chi connectivity index (χ4n) is 5.90. The summed E-state index contributed by atoms with van der Waals surface area (Å²) in [5, 5.41) is 7.19. The lowest BCUT2D eigenvalue weighted by Gasteiger charge is -2.36. The number of amides is 1. The van der Waals surface area contributed by atoms with E-state index in [-0.39, 0.29) is 6.10 Å². The van der Waals surface area contributed by atoms with Crippen molar-refractivity contribution in [2.75, 3.05) is 18.2 Å². The number of fused-ring (bicyclic) bond motifs is 2. The number of nitrogens with one attached hydrogen (secondary N) is 1. The summed E-state index contributed by atoms with van der Waals surface area (Å²) in [6.07, 6.45) is 2.67. The van der Waals surface area contributed by atoms with Crippen LogP contribution in [0.3, 0.4) is 0 Å². The Bertz CT molecular complexity index is 1450. The average molecular weight is 497 g/mol. The maximum atomic E-state index is 13.3. The molecule has 0 spiro atoms. The molecule has 1 aliphatic carbocycles. The first-order chi connectivity index (χ1) is 17.9. The van der Waals surface area contributed by atoms with Crippen LogP contribution in [0.25, 0.3) is 32.7 Å². The predicted molar refractivity (Wildman–Crippen MR) is 153 cm³/mol. The Hall–Kier alpha value is -3.73. The molecule has 4 aromatic carbocycles. The molecule has 0 heterocycles. The molecular weight excluding hydrogens is 460 g/mol. The summed E-state index contributed by atoms with van der Waals surface area (Å²) >= 11 is 0. The number of carbonyl (C=O) groups is 1. The molecule has 1 fully saturated rings. The van der Waals surface area contributed by atoms with Gasteiger partial charge in [0, 0.05) is 16.8 Å². The third kappa shape index (κ3) is 4.95. The summed E-state index contributed by atoms with van der Waals surface area (Å²) in [6, 6.07) is 22.0. The highest BCUT2D eigenvalue weighted by molar-refractivity contribution is 6.14. The van der Waals surface area contributed by atoms with E-state index in [0.717, 1.165) is 51.3 Å². The molecule has 37 heavy (non-hydrogen) atoms. The van der Waals surface area contributed by atoms with E-state index in [1.807, 2.05) is 54.6 Å². The monoisotopic (exact) mass is 496 g/mol. The second-order valence-corrected chi connectivity index (χ2v) is 10.7. The Morgan fingerprint density at radius 2 is 1.70 bits per heavy atom. The molecule has 1 aliphatic rings. The Balaban J connectivity index is 1.60. The number of hydrogen-bond acceptors (Lipinski definition) is 4. The highest BCUT2D eigenvalue weighted by Crippen LogP contribution is 2.43. The summed E-state index contributed by atoms with van der Waals surface area (Å²) in [7, 11) is 1.66. The van der Waals surface area contributed by atoms with E-state index < -0.39 is 6.09 Å². The molecule has 4 aromatic rings. The van der Waals surface area contributed by atoms with E-state index in [0.29, 0.717) is 29.1 Å². The van der Waals surface area contributed by atoms with Crippen LogP contribution in [-0.4, -0.2) is 19.3 Å². The topological polar surface area (TPSA) is 73.6 Å². The maximum Gasteiger partial charge on any atom is 0.411 e. The molecule has 5 heteroatoms. The van der Waals surface area contributed by atoms with Crippen LogP contribution in [0.1, 0.15) is 40.0 Å². The molecule has 0 radical (unpaired) electrons. The third-order valence-corrected chi connectivity index (χ3v) is 7.89. The predicted octanol–water partition coefficient (Wildman–Crippen LogP) is 8.26. The van der Waals surface area contributed by atoms with Crippen LogP contribution in [0.4, 0.5) is 16.2 Å². The first kappa shape index (κ1) is 24.9. The van der Waals surface area contributed by atoms with Gasteiger partial charge in [0.05, 0.1) is 12.8 Å². The van der Waals surface area contributed by atoms with Gasteiger partial charge in [0.25, 0.3) is 0 Å². The fraction of sp³-hybridized carbons (Fsp3) is 0.344. The molecule has 0 unspecified atom stereocenters. The van der Waals surface area contributed by atoms with Gasteiger partial charge in [-0.3, -0.25) is 5.32 Å². The highest BCUT2D eigenvalue weighted by atomic mass is 16.6. The largest absolute Gasteiger partial charge is 0.497 e. The van der Waals surface area contributed by atoms with Gasteiger partial charge in [-0.2, -0.15) is 0 Å². The lowest BCUT2D eigenvalue weighted by molar-refractivity contribution is 0.0126. The van der Waals surface area contributed by atoms with Crippen molar-refractivity contribution in [1.29, 1.82) is 0 Å². The average Bonchev–Trinajstić information content (AvgIpc) is 2.88. The van der Waals surface area contributed by atoms with Gasteiger partial charge in [0.1, 0.15) is 11.9 Å². The summed E-state index contributed by atoms with van der Waals surface area (Å²) in [6.45, 7) is 6.67. The number of ether oxygens (including phenoxy) is 2. The van der Waals surface area contributed by atoms with Crippen LogP contribution >= 0.6 is 0 Å². The zero-order chi connectivity index (χ0) is 26.1. The number of carbonyl (C=O) groups excluding carboxylic acids is 1. The second kappa shape index (κ2) is 10.3. The maximum absolute atomic E-state index is 13.3. The molecule has 3 N–H and O–H groups in total. The van der Waals surface area contributed by atoms with Crippen molar-refractivity contribution in [2.45, 2.75) is 46.1 Å². The van der Waals surface area contributed by atoms with Crippen LogP contribution in [-0.2, 0) is 4.74 Å². The van der Waals surface area contributed by atoms with Gasteiger partial charge in [-0.1, -0.05) is 63.6 Å². The Labute approximate surface area is 219 Å². The minimum Gasteiger partial charge on any atom is -0.497 e. The van der Waals surface area contributed by atoms with E-state index in [1.54, 1.807) is 7.11 Å². The molecule has 0 bridgehead atoms. The molecule has 5 rings (SSSR count). The van der Waals surface area contributed by atoms with Crippen LogP contribution < -0.4 is 15.8 Å². The Kier molecular flexibility index (Phi) is 6.96. The standard InChI is InChI=1S/C32H36N2O3/c1-19(2)24-13-9-20(3)17-29(24)37-32(35)34-28-16-11-22-18-23(36-4)12-14-26(22)31(28)30-25-8-6-5-7-21(25)10-15-27(30)33/h5-8,10-12,14-16,18-20,24,29H,9,13,17,33H2,1-4H3,(H,34,35)/t20-,24+,29-/m1/s1. The molecule has 1 saturated carbocycles. The van der Waals surface area contributed by atoms with Crippen LogP contribution in [0.5, 0.6) is 5.75 Å². The number of methoxy groups -OCH3 is 1. The van der Waals surface area contributed by atoms with Gasteiger partial charge in [0.15, 0.2) is 0 Å². The van der Waals surface area contributed by atoms with E-state index in [1.165, 1.54) is 6.42 Å². The van der Waals surface area contributed by atoms with Gasteiger partial charge in [-0.25, -0.2) is 4.79 Å². The quantitative estimate of drug-likeness (QED) is 0.273. The van der Waals surface area contributed by atoms with Gasteiger partial charge >= 0.3 is 6.09 Å². The molecule has 0 aliphatic heterocycles. The Morgan fingerprint density at radius 1 is 0.946 bits per heavy atom. The summed E-state index contributed by atoms with van der Waals surface area (Å²) < 4.78 is 11.6. The van der Waals surface area contributed by atoms with Crippen molar-refractivity contribution in [3.05, 3.63) is 66.7 Å². The molecule has 1 amide bonds. The number of rotatable bonds is 5.